The lowest BCUT2D eigenvalue weighted by atomic mass is 10.1. The third-order valence-corrected chi connectivity index (χ3v) is 2.58. The highest BCUT2D eigenvalue weighted by Crippen LogP contribution is 2.28. The molecule has 1 unspecified atom stereocenters. The predicted octanol–water partition coefficient (Wildman–Crippen LogP) is 2.02. The molecule has 0 saturated heterocycles. The molecule has 0 heterocycles. The molecular weight excluding hydrogens is 258 g/mol. The fourth-order valence-electron chi connectivity index (χ4n) is 1.68. The van der Waals surface area contributed by atoms with Gasteiger partial charge in [0.15, 0.2) is 11.5 Å². The van der Waals surface area contributed by atoms with Gasteiger partial charge in [0.05, 0.1) is 13.7 Å². The second kappa shape index (κ2) is 8.22. The molecule has 0 bridgehead atoms. The number of rotatable bonds is 8. The van der Waals surface area contributed by atoms with Crippen molar-refractivity contribution in [3.05, 3.63) is 36.4 Å². The largest absolute Gasteiger partial charge is 0.493 e. The first-order chi connectivity index (χ1) is 9.62. The van der Waals surface area contributed by atoms with E-state index in [-0.39, 0.29) is 11.9 Å². The van der Waals surface area contributed by atoms with Crippen molar-refractivity contribution in [2.24, 2.45) is 0 Å². The van der Waals surface area contributed by atoms with Gasteiger partial charge in [0, 0.05) is 18.7 Å². The van der Waals surface area contributed by atoms with Crippen LogP contribution < -0.4 is 14.8 Å². The van der Waals surface area contributed by atoms with Crippen LogP contribution in [0.1, 0.15) is 17.3 Å². The summed E-state index contributed by atoms with van der Waals surface area (Å²) in [5.41, 5.74) is 0.510. The van der Waals surface area contributed by atoms with E-state index < -0.39 is 0 Å². The summed E-state index contributed by atoms with van der Waals surface area (Å²) in [6, 6.07) is 4.98. The summed E-state index contributed by atoms with van der Waals surface area (Å²) in [7, 11) is 3.13. The van der Waals surface area contributed by atoms with E-state index in [0.717, 1.165) is 0 Å². The van der Waals surface area contributed by atoms with Crippen molar-refractivity contribution in [3.63, 3.8) is 0 Å². The molecule has 5 heteroatoms. The van der Waals surface area contributed by atoms with Crippen molar-refractivity contribution in [3.8, 4) is 11.5 Å². The minimum atomic E-state index is -0.178. The number of methoxy groups -OCH3 is 2. The van der Waals surface area contributed by atoms with E-state index in [0.29, 0.717) is 30.3 Å². The van der Waals surface area contributed by atoms with Crippen LogP contribution in [0.5, 0.6) is 11.5 Å². The van der Waals surface area contributed by atoms with Crippen molar-refractivity contribution in [2.45, 2.75) is 13.0 Å². The minimum absolute atomic E-state index is 0.0600. The molecule has 0 aliphatic heterocycles. The van der Waals surface area contributed by atoms with Crippen molar-refractivity contribution >= 4 is 5.91 Å². The van der Waals surface area contributed by atoms with E-state index in [1.54, 1.807) is 31.4 Å². The zero-order valence-corrected chi connectivity index (χ0v) is 12.1. The number of carbonyl (C=O) groups is 1. The molecule has 0 saturated carbocycles. The maximum absolute atomic E-state index is 12.0. The van der Waals surface area contributed by atoms with E-state index in [1.807, 2.05) is 6.92 Å². The molecular formula is C15H21NO4. The molecule has 0 aliphatic carbocycles. The predicted molar refractivity (Wildman–Crippen MR) is 77.5 cm³/mol. The lowest BCUT2D eigenvalue weighted by Gasteiger charge is -2.14. The molecule has 0 aliphatic rings. The lowest BCUT2D eigenvalue weighted by Crippen LogP contribution is -2.35. The Morgan fingerprint density at radius 2 is 2.15 bits per heavy atom. The fraction of sp³-hybridized carbons (Fsp3) is 0.400. The molecule has 0 fully saturated rings. The smallest absolute Gasteiger partial charge is 0.251 e. The number of benzene rings is 1. The van der Waals surface area contributed by atoms with Gasteiger partial charge in [0.25, 0.3) is 5.91 Å². The molecule has 1 aromatic rings. The molecule has 1 rings (SSSR count). The van der Waals surface area contributed by atoms with Gasteiger partial charge in [-0.3, -0.25) is 4.79 Å². The monoisotopic (exact) mass is 279 g/mol. The Balaban J connectivity index is 2.80. The highest BCUT2D eigenvalue weighted by atomic mass is 16.5. The number of carbonyl (C=O) groups excluding carboxylic acids is 1. The van der Waals surface area contributed by atoms with Gasteiger partial charge in [0.1, 0.15) is 6.61 Å². The molecule has 0 spiro atoms. The van der Waals surface area contributed by atoms with Gasteiger partial charge < -0.3 is 19.5 Å². The summed E-state index contributed by atoms with van der Waals surface area (Å²) in [6.45, 7) is 6.30. The average Bonchev–Trinajstić information content (AvgIpc) is 2.45. The van der Waals surface area contributed by atoms with Crippen molar-refractivity contribution < 1.29 is 19.0 Å². The summed E-state index contributed by atoms with van der Waals surface area (Å²) in [4.78, 5) is 12.0. The van der Waals surface area contributed by atoms with Crippen molar-refractivity contribution in [1.82, 2.24) is 5.32 Å². The fourth-order valence-corrected chi connectivity index (χ4v) is 1.68. The van der Waals surface area contributed by atoms with Crippen LogP contribution in [0.15, 0.2) is 30.9 Å². The average molecular weight is 279 g/mol. The van der Waals surface area contributed by atoms with E-state index in [4.69, 9.17) is 14.2 Å². The highest BCUT2D eigenvalue weighted by Gasteiger charge is 2.13. The Labute approximate surface area is 119 Å². The molecule has 1 N–H and O–H groups in total. The minimum Gasteiger partial charge on any atom is -0.493 e. The molecule has 1 aromatic carbocycles. The third-order valence-electron chi connectivity index (χ3n) is 2.58. The van der Waals surface area contributed by atoms with Gasteiger partial charge in [-0.05, 0) is 25.1 Å². The van der Waals surface area contributed by atoms with Crippen molar-refractivity contribution in [1.29, 1.82) is 0 Å². The Morgan fingerprint density at radius 3 is 2.75 bits per heavy atom. The Bertz CT molecular complexity index is 459. The van der Waals surface area contributed by atoms with Crippen LogP contribution in [-0.2, 0) is 4.74 Å². The van der Waals surface area contributed by atoms with Crippen LogP contribution in [0.2, 0.25) is 0 Å². The van der Waals surface area contributed by atoms with Gasteiger partial charge in [-0.25, -0.2) is 0 Å². The molecule has 1 amide bonds. The summed E-state index contributed by atoms with van der Waals surface area (Å²) in [5, 5.41) is 2.83. The summed E-state index contributed by atoms with van der Waals surface area (Å²) < 4.78 is 15.6. The second-order valence-corrected chi connectivity index (χ2v) is 4.30. The maximum atomic E-state index is 12.0. The molecule has 1 atom stereocenters. The summed E-state index contributed by atoms with van der Waals surface area (Å²) in [5.74, 6) is 0.913. The molecule has 0 aromatic heterocycles. The maximum Gasteiger partial charge on any atom is 0.251 e. The third kappa shape index (κ3) is 4.59. The second-order valence-electron chi connectivity index (χ2n) is 4.30. The normalized spacial score (nSPS) is 11.6. The van der Waals surface area contributed by atoms with Crippen LogP contribution in [0.3, 0.4) is 0 Å². The van der Waals surface area contributed by atoms with Crippen LogP contribution in [0.25, 0.3) is 0 Å². The van der Waals surface area contributed by atoms with Crippen LogP contribution in [0, 0.1) is 0 Å². The Kier molecular flexibility index (Phi) is 6.59. The standard InChI is InChI=1S/C15H21NO4/c1-5-8-20-13-7-6-12(9-14(13)19-4)15(17)16-11(2)10-18-3/h5-7,9,11H,1,8,10H2,2-4H3,(H,16,17). The quantitative estimate of drug-likeness (QED) is 0.740. The SMILES string of the molecule is C=CCOc1ccc(C(=O)NC(C)COC)cc1OC. The van der Waals surface area contributed by atoms with Gasteiger partial charge in [-0.2, -0.15) is 0 Å². The first-order valence-corrected chi connectivity index (χ1v) is 6.34. The zero-order chi connectivity index (χ0) is 15.0. The summed E-state index contributed by atoms with van der Waals surface area (Å²) >= 11 is 0. The van der Waals surface area contributed by atoms with Crippen LogP contribution >= 0.6 is 0 Å². The zero-order valence-electron chi connectivity index (χ0n) is 12.1. The topological polar surface area (TPSA) is 56.8 Å². The number of amides is 1. The first kappa shape index (κ1) is 16.0. The Hall–Kier alpha value is -2.01. The van der Waals surface area contributed by atoms with Gasteiger partial charge in [-0.15, -0.1) is 0 Å². The van der Waals surface area contributed by atoms with E-state index in [1.165, 1.54) is 7.11 Å². The van der Waals surface area contributed by atoms with E-state index in [2.05, 4.69) is 11.9 Å². The van der Waals surface area contributed by atoms with E-state index in [9.17, 15) is 4.79 Å². The number of ether oxygens (including phenoxy) is 3. The van der Waals surface area contributed by atoms with Gasteiger partial charge >= 0.3 is 0 Å². The Morgan fingerprint density at radius 1 is 1.40 bits per heavy atom. The number of hydrogen-bond donors (Lipinski definition) is 1. The summed E-state index contributed by atoms with van der Waals surface area (Å²) in [6.07, 6.45) is 1.65. The lowest BCUT2D eigenvalue weighted by molar-refractivity contribution is 0.0905. The number of hydrogen-bond acceptors (Lipinski definition) is 4. The van der Waals surface area contributed by atoms with Crippen molar-refractivity contribution in [2.75, 3.05) is 27.4 Å². The van der Waals surface area contributed by atoms with Crippen LogP contribution in [0.4, 0.5) is 0 Å². The highest BCUT2D eigenvalue weighted by molar-refractivity contribution is 5.95. The molecule has 20 heavy (non-hydrogen) atoms. The van der Waals surface area contributed by atoms with Crippen LogP contribution in [-0.4, -0.2) is 39.4 Å². The number of nitrogens with one attached hydrogen (secondary N) is 1. The van der Waals surface area contributed by atoms with Gasteiger partial charge in [0.2, 0.25) is 0 Å². The van der Waals surface area contributed by atoms with Gasteiger partial charge in [-0.1, -0.05) is 12.7 Å². The first-order valence-electron chi connectivity index (χ1n) is 6.34. The molecule has 110 valence electrons. The molecule has 5 nitrogen and oxygen atoms in total. The molecule has 0 radical (unpaired) electrons. The van der Waals surface area contributed by atoms with E-state index >= 15 is 0 Å².